The monoisotopic (exact) mass is 224 g/mol. The number of nitrogens with zero attached hydrogens (tertiary/aromatic N) is 1. The molecule has 3 N–H and O–H groups in total. The van der Waals surface area contributed by atoms with Gasteiger partial charge in [-0.3, -0.25) is 0 Å². The maximum absolute atomic E-state index is 9.06. The summed E-state index contributed by atoms with van der Waals surface area (Å²) in [5, 5.41) is 9.06. The molecule has 0 aliphatic heterocycles. The Morgan fingerprint density at radius 2 is 2.12 bits per heavy atom. The number of hydrogen-bond acceptors (Lipinski definition) is 4. The topological polar surface area (TPSA) is 58.7 Å². The number of hydrogen-bond donors (Lipinski definition) is 2. The second-order valence-corrected chi connectivity index (χ2v) is 3.72. The second-order valence-electron chi connectivity index (χ2n) is 3.72. The Morgan fingerprint density at radius 3 is 2.69 bits per heavy atom. The van der Waals surface area contributed by atoms with Crippen LogP contribution in [-0.2, 0) is 4.74 Å². The third-order valence-corrected chi connectivity index (χ3v) is 2.52. The molecule has 0 atom stereocenters. The molecular formula is C12H20N2O2. The first kappa shape index (κ1) is 12.8. The zero-order chi connectivity index (χ0) is 12.0. The summed E-state index contributed by atoms with van der Waals surface area (Å²) in [5.41, 5.74) is 8.81. The highest BCUT2D eigenvalue weighted by molar-refractivity contribution is 5.71. The molecule has 4 nitrogen and oxygen atoms in total. The van der Waals surface area contributed by atoms with Gasteiger partial charge < -0.3 is 20.5 Å². The number of methoxy groups -OCH3 is 1. The molecule has 0 radical (unpaired) electrons. The van der Waals surface area contributed by atoms with Gasteiger partial charge in [0.1, 0.15) is 0 Å². The van der Waals surface area contributed by atoms with E-state index in [0.717, 1.165) is 23.5 Å². The number of ether oxygens (including phenoxy) is 1. The molecule has 0 aromatic heterocycles. The average Bonchev–Trinajstić information content (AvgIpc) is 2.25. The van der Waals surface area contributed by atoms with Crippen molar-refractivity contribution in [3.8, 4) is 0 Å². The number of rotatable bonds is 6. The summed E-state index contributed by atoms with van der Waals surface area (Å²) in [6.07, 6.45) is 0. The van der Waals surface area contributed by atoms with Crippen LogP contribution in [-0.4, -0.2) is 38.5 Å². The van der Waals surface area contributed by atoms with E-state index in [2.05, 4.69) is 0 Å². The molecule has 0 fully saturated rings. The molecule has 1 aromatic carbocycles. The van der Waals surface area contributed by atoms with Crippen LogP contribution < -0.4 is 10.6 Å². The molecule has 0 spiro atoms. The summed E-state index contributed by atoms with van der Waals surface area (Å²) in [7, 11) is 1.67. The SMILES string of the molecule is COCCN(CCO)c1c(C)cccc1N. The third kappa shape index (κ3) is 3.12. The molecule has 1 rings (SSSR count). The van der Waals surface area contributed by atoms with Crippen molar-refractivity contribution in [3.05, 3.63) is 23.8 Å². The first-order valence-electron chi connectivity index (χ1n) is 5.40. The average molecular weight is 224 g/mol. The van der Waals surface area contributed by atoms with Gasteiger partial charge in [0.15, 0.2) is 0 Å². The fraction of sp³-hybridized carbons (Fsp3) is 0.500. The Morgan fingerprint density at radius 1 is 1.38 bits per heavy atom. The minimum Gasteiger partial charge on any atom is -0.397 e. The van der Waals surface area contributed by atoms with Gasteiger partial charge in [-0.1, -0.05) is 12.1 Å². The summed E-state index contributed by atoms with van der Waals surface area (Å²) in [6, 6.07) is 5.82. The van der Waals surface area contributed by atoms with E-state index >= 15 is 0 Å². The fourth-order valence-electron chi connectivity index (χ4n) is 1.77. The van der Waals surface area contributed by atoms with Gasteiger partial charge in [0.2, 0.25) is 0 Å². The van der Waals surface area contributed by atoms with Crippen molar-refractivity contribution in [3.63, 3.8) is 0 Å². The predicted octanol–water partition coefficient (Wildman–Crippen LogP) is 1.02. The van der Waals surface area contributed by atoms with Crippen LogP contribution in [0.5, 0.6) is 0 Å². The number of aryl methyl sites for hydroxylation is 1. The highest BCUT2D eigenvalue weighted by Gasteiger charge is 2.11. The van der Waals surface area contributed by atoms with E-state index in [1.807, 2.05) is 30.0 Å². The number of para-hydroxylation sites is 1. The third-order valence-electron chi connectivity index (χ3n) is 2.52. The molecule has 16 heavy (non-hydrogen) atoms. The van der Waals surface area contributed by atoms with E-state index in [-0.39, 0.29) is 6.61 Å². The van der Waals surface area contributed by atoms with Crippen LogP contribution in [0.25, 0.3) is 0 Å². The maximum atomic E-state index is 9.06. The predicted molar refractivity (Wildman–Crippen MR) is 66.8 cm³/mol. The quantitative estimate of drug-likeness (QED) is 0.708. The molecule has 0 aliphatic carbocycles. The normalized spacial score (nSPS) is 10.4. The lowest BCUT2D eigenvalue weighted by atomic mass is 10.1. The molecule has 1 aromatic rings. The van der Waals surface area contributed by atoms with E-state index in [1.165, 1.54) is 0 Å². The van der Waals surface area contributed by atoms with Gasteiger partial charge in [0, 0.05) is 20.2 Å². The van der Waals surface area contributed by atoms with E-state index in [0.29, 0.717) is 13.2 Å². The number of nitrogen functional groups attached to an aromatic ring is 1. The smallest absolute Gasteiger partial charge is 0.0637 e. The Labute approximate surface area is 96.6 Å². The molecule has 90 valence electrons. The van der Waals surface area contributed by atoms with Gasteiger partial charge in [-0.2, -0.15) is 0 Å². The van der Waals surface area contributed by atoms with Crippen LogP contribution >= 0.6 is 0 Å². The van der Waals surface area contributed by atoms with Crippen LogP contribution in [0.2, 0.25) is 0 Å². The van der Waals surface area contributed by atoms with Gasteiger partial charge in [-0.05, 0) is 18.6 Å². The van der Waals surface area contributed by atoms with Crippen molar-refractivity contribution in [2.24, 2.45) is 0 Å². The van der Waals surface area contributed by atoms with Crippen molar-refractivity contribution in [1.29, 1.82) is 0 Å². The van der Waals surface area contributed by atoms with Crippen molar-refractivity contribution in [2.75, 3.05) is 44.0 Å². The second kappa shape index (κ2) is 6.35. The highest BCUT2D eigenvalue weighted by Crippen LogP contribution is 2.26. The molecule has 0 aliphatic rings. The minimum absolute atomic E-state index is 0.109. The number of aliphatic hydroxyl groups is 1. The lowest BCUT2D eigenvalue weighted by molar-refractivity contribution is 0.203. The summed E-state index contributed by atoms with van der Waals surface area (Å²) >= 11 is 0. The van der Waals surface area contributed by atoms with Gasteiger partial charge >= 0.3 is 0 Å². The van der Waals surface area contributed by atoms with Gasteiger partial charge in [0.05, 0.1) is 24.6 Å². The minimum atomic E-state index is 0.109. The van der Waals surface area contributed by atoms with Crippen molar-refractivity contribution in [1.82, 2.24) is 0 Å². The van der Waals surface area contributed by atoms with Gasteiger partial charge in [-0.15, -0.1) is 0 Å². The van der Waals surface area contributed by atoms with Crippen LogP contribution in [0.4, 0.5) is 11.4 Å². The van der Waals surface area contributed by atoms with E-state index in [9.17, 15) is 0 Å². The zero-order valence-corrected chi connectivity index (χ0v) is 9.94. The Hall–Kier alpha value is -1.26. The number of aliphatic hydroxyl groups excluding tert-OH is 1. The first-order chi connectivity index (χ1) is 7.70. The first-order valence-corrected chi connectivity index (χ1v) is 5.40. The molecule has 0 heterocycles. The molecule has 4 heteroatoms. The number of anilines is 2. The molecule has 0 unspecified atom stereocenters. The highest BCUT2D eigenvalue weighted by atomic mass is 16.5. The van der Waals surface area contributed by atoms with Crippen molar-refractivity contribution < 1.29 is 9.84 Å². The van der Waals surface area contributed by atoms with Crippen LogP contribution in [0, 0.1) is 6.92 Å². The lowest BCUT2D eigenvalue weighted by Crippen LogP contribution is -2.31. The summed E-state index contributed by atoms with van der Waals surface area (Å²) in [4.78, 5) is 2.05. The fourth-order valence-corrected chi connectivity index (χ4v) is 1.77. The standard InChI is InChI=1S/C12H20N2O2/c1-10-4-3-5-11(13)12(10)14(6-8-15)7-9-16-2/h3-5,15H,6-9,13H2,1-2H3. The zero-order valence-electron chi connectivity index (χ0n) is 9.94. The van der Waals surface area contributed by atoms with Crippen LogP contribution in [0.15, 0.2) is 18.2 Å². The van der Waals surface area contributed by atoms with E-state index in [4.69, 9.17) is 15.6 Å². The molecule has 0 bridgehead atoms. The summed E-state index contributed by atoms with van der Waals surface area (Å²) in [5.74, 6) is 0. The number of benzene rings is 1. The Balaban J connectivity index is 2.90. The largest absolute Gasteiger partial charge is 0.397 e. The molecule has 0 saturated carbocycles. The van der Waals surface area contributed by atoms with Crippen LogP contribution in [0.1, 0.15) is 5.56 Å². The van der Waals surface area contributed by atoms with Gasteiger partial charge in [-0.25, -0.2) is 0 Å². The lowest BCUT2D eigenvalue weighted by Gasteiger charge is -2.26. The van der Waals surface area contributed by atoms with E-state index < -0.39 is 0 Å². The Bertz CT molecular complexity index is 309. The summed E-state index contributed by atoms with van der Waals surface area (Å²) < 4.78 is 5.06. The summed E-state index contributed by atoms with van der Waals surface area (Å²) in [6.45, 7) is 4.04. The van der Waals surface area contributed by atoms with Crippen LogP contribution in [0.3, 0.4) is 0 Å². The van der Waals surface area contributed by atoms with Gasteiger partial charge in [0.25, 0.3) is 0 Å². The molecule has 0 saturated heterocycles. The van der Waals surface area contributed by atoms with E-state index in [1.54, 1.807) is 7.11 Å². The maximum Gasteiger partial charge on any atom is 0.0637 e. The van der Waals surface area contributed by atoms with Crippen molar-refractivity contribution in [2.45, 2.75) is 6.92 Å². The Kier molecular flexibility index (Phi) is 5.08. The number of nitrogens with two attached hydrogens (primary N) is 1. The molecule has 0 amide bonds. The molecular weight excluding hydrogens is 204 g/mol. The van der Waals surface area contributed by atoms with Crippen molar-refractivity contribution >= 4 is 11.4 Å².